The quantitative estimate of drug-likeness (QED) is 0.521. The zero-order valence-corrected chi connectivity index (χ0v) is 19.6. The molecule has 0 unspecified atom stereocenters. The second-order valence-electron chi connectivity index (χ2n) is 9.08. The molecule has 1 N–H and O–H groups in total. The minimum atomic E-state index is -0.683. The largest absolute Gasteiger partial charge is 0.483 e. The van der Waals surface area contributed by atoms with Crippen molar-refractivity contribution in [1.29, 1.82) is 0 Å². The average molecular weight is 451 g/mol. The molecule has 0 saturated heterocycles. The van der Waals surface area contributed by atoms with E-state index < -0.39 is 11.6 Å². The molecule has 5 nitrogen and oxygen atoms in total. The highest BCUT2D eigenvalue weighted by atomic mass is 19.1. The van der Waals surface area contributed by atoms with E-state index in [4.69, 9.17) is 4.74 Å². The van der Waals surface area contributed by atoms with Crippen LogP contribution in [0.5, 0.6) is 5.75 Å². The van der Waals surface area contributed by atoms with Crippen molar-refractivity contribution in [3.8, 4) is 5.75 Å². The first-order valence-corrected chi connectivity index (χ1v) is 11.1. The maximum absolute atomic E-state index is 13.4. The van der Waals surface area contributed by atoms with E-state index in [9.17, 15) is 14.0 Å². The minimum Gasteiger partial charge on any atom is -0.483 e. The van der Waals surface area contributed by atoms with Gasteiger partial charge in [0.25, 0.3) is 5.91 Å². The SMILES string of the molecule is CC[C@@H](C(=O)NC(C)(C)C)N(Cc1ccc(F)cc1)C(=O)COc1cccc2ccccc12. The van der Waals surface area contributed by atoms with Crippen LogP contribution in [0.25, 0.3) is 10.8 Å². The Morgan fingerprint density at radius 1 is 1.00 bits per heavy atom. The van der Waals surface area contributed by atoms with Gasteiger partial charge in [-0.05, 0) is 56.3 Å². The molecule has 0 aliphatic carbocycles. The molecule has 0 spiro atoms. The first kappa shape index (κ1) is 24.2. The van der Waals surface area contributed by atoms with Crippen LogP contribution in [0.3, 0.4) is 0 Å². The molecular weight excluding hydrogens is 419 g/mol. The zero-order chi connectivity index (χ0) is 24.0. The summed E-state index contributed by atoms with van der Waals surface area (Å²) in [7, 11) is 0. The molecule has 0 fully saturated rings. The molecule has 0 saturated carbocycles. The highest BCUT2D eigenvalue weighted by molar-refractivity contribution is 5.90. The van der Waals surface area contributed by atoms with Gasteiger partial charge in [0, 0.05) is 17.5 Å². The fourth-order valence-corrected chi connectivity index (χ4v) is 3.70. The number of hydrogen-bond donors (Lipinski definition) is 1. The number of carbonyl (C=O) groups is 2. The van der Waals surface area contributed by atoms with Crippen LogP contribution >= 0.6 is 0 Å². The van der Waals surface area contributed by atoms with E-state index in [1.807, 2.05) is 70.2 Å². The molecule has 174 valence electrons. The number of halogens is 1. The van der Waals surface area contributed by atoms with E-state index >= 15 is 0 Å². The van der Waals surface area contributed by atoms with Crippen molar-refractivity contribution in [2.75, 3.05) is 6.61 Å². The Hall–Kier alpha value is -3.41. The summed E-state index contributed by atoms with van der Waals surface area (Å²) < 4.78 is 19.3. The molecule has 1 atom stereocenters. The lowest BCUT2D eigenvalue weighted by molar-refractivity contribution is -0.143. The Morgan fingerprint density at radius 3 is 2.33 bits per heavy atom. The molecule has 6 heteroatoms. The van der Waals surface area contributed by atoms with E-state index in [-0.39, 0.29) is 30.8 Å². The maximum atomic E-state index is 13.4. The van der Waals surface area contributed by atoms with Gasteiger partial charge in [-0.15, -0.1) is 0 Å². The van der Waals surface area contributed by atoms with Crippen LogP contribution in [0, 0.1) is 5.82 Å². The van der Waals surface area contributed by atoms with E-state index in [1.54, 1.807) is 12.1 Å². The van der Waals surface area contributed by atoms with Crippen molar-refractivity contribution >= 4 is 22.6 Å². The summed E-state index contributed by atoms with van der Waals surface area (Å²) in [5.41, 5.74) is 0.297. The molecule has 0 aliphatic rings. The summed E-state index contributed by atoms with van der Waals surface area (Å²) in [6.45, 7) is 7.51. The number of fused-ring (bicyclic) bond motifs is 1. The molecule has 0 aromatic heterocycles. The van der Waals surface area contributed by atoms with Crippen LogP contribution < -0.4 is 10.1 Å². The molecule has 3 aromatic rings. The number of hydrogen-bond acceptors (Lipinski definition) is 3. The van der Waals surface area contributed by atoms with Gasteiger partial charge in [-0.3, -0.25) is 9.59 Å². The molecular formula is C27H31FN2O3. The first-order valence-electron chi connectivity index (χ1n) is 11.1. The smallest absolute Gasteiger partial charge is 0.261 e. The summed E-state index contributed by atoms with van der Waals surface area (Å²) in [5.74, 6) is -0.294. The van der Waals surface area contributed by atoms with Gasteiger partial charge in [-0.1, -0.05) is 55.5 Å². The van der Waals surface area contributed by atoms with Gasteiger partial charge < -0.3 is 15.0 Å². The topological polar surface area (TPSA) is 58.6 Å². The first-order chi connectivity index (χ1) is 15.7. The van der Waals surface area contributed by atoms with E-state index in [0.29, 0.717) is 12.2 Å². The van der Waals surface area contributed by atoms with Gasteiger partial charge in [-0.25, -0.2) is 4.39 Å². The Bertz CT molecular complexity index is 1100. The van der Waals surface area contributed by atoms with Crippen molar-refractivity contribution in [2.24, 2.45) is 0 Å². The number of ether oxygens (including phenoxy) is 1. The summed E-state index contributed by atoms with van der Waals surface area (Å²) in [6.07, 6.45) is 0.434. The van der Waals surface area contributed by atoms with E-state index in [1.165, 1.54) is 17.0 Å². The van der Waals surface area contributed by atoms with E-state index in [2.05, 4.69) is 5.32 Å². The van der Waals surface area contributed by atoms with Gasteiger partial charge in [0.1, 0.15) is 17.6 Å². The lowest BCUT2D eigenvalue weighted by atomic mass is 10.1. The lowest BCUT2D eigenvalue weighted by Crippen LogP contribution is -2.54. The Labute approximate surface area is 194 Å². The zero-order valence-electron chi connectivity index (χ0n) is 19.6. The molecule has 33 heavy (non-hydrogen) atoms. The predicted octanol–water partition coefficient (Wildman–Crippen LogP) is 5.08. The third-order valence-electron chi connectivity index (χ3n) is 5.25. The van der Waals surface area contributed by atoms with Crippen molar-refractivity contribution in [1.82, 2.24) is 10.2 Å². The molecule has 0 heterocycles. The summed E-state index contributed by atoms with van der Waals surface area (Å²) in [4.78, 5) is 27.9. The van der Waals surface area contributed by atoms with Crippen molar-refractivity contribution < 1.29 is 18.7 Å². The fourth-order valence-electron chi connectivity index (χ4n) is 3.70. The van der Waals surface area contributed by atoms with Crippen LogP contribution in [0.2, 0.25) is 0 Å². The second-order valence-corrected chi connectivity index (χ2v) is 9.08. The summed E-state index contributed by atoms with van der Waals surface area (Å²) in [5, 5.41) is 4.89. The van der Waals surface area contributed by atoms with Gasteiger partial charge >= 0.3 is 0 Å². The Balaban J connectivity index is 1.84. The number of rotatable bonds is 8. The standard InChI is InChI=1S/C27H31FN2O3/c1-5-23(26(32)29-27(2,3)4)30(17-19-13-15-21(28)16-14-19)25(31)18-33-24-12-8-10-20-9-6-7-11-22(20)24/h6-16,23H,5,17-18H2,1-4H3,(H,29,32)/t23-/m0/s1. The lowest BCUT2D eigenvalue weighted by Gasteiger charge is -2.33. The van der Waals surface area contributed by atoms with E-state index in [0.717, 1.165) is 16.3 Å². The van der Waals surface area contributed by atoms with Crippen LogP contribution in [0.1, 0.15) is 39.7 Å². The van der Waals surface area contributed by atoms with Gasteiger partial charge in [0.2, 0.25) is 5.91 Å². The number of benzene rings is 3. The predicted molar refractivity (Wildman–Crippen MR) is 128 cm³/mol. The minimum absolute atomic E-state index is 0.175. The molecule has 3 aromatic carbocycles. The van der Waals surface area contributed by atoms with Gasteiger partial charge in [0.05, 0.1) is 0 Å². The van der Waals surface area contributed by atoms with Crippen molar-refractivity contribution in [2.45, 2.75) is 52.2 Å². The fraction of sp³-hybridized carbons (Fsp3) is 0.333. The highest BCUT2D eigenvalue weighted by Gasteiger charge is 2.31. The summed E-state index contributed by atoms with van der Waals surface area (Å²) >= 11 is 0. The number of nitrogens with zero attached hydrogens (tertiary/aromatic N) is 1. The third kappa shape index (κ3) is 6.54. The monoisotopic (exact) mass is 450 g/mol. The number of carbonyl (C=O) groups excluding carboxylic acids is 2. The number of nitrogens with one attached hydrogen (secondary N) is 1. The molecule has 3 rings (SSSR count). The summed E-state index contributed by atoms with van der Waals surface area (Å²) in [6, 6.07) is 18.7. The van der Waals surface area contributed by atoms with Crippen LogP contribution in [0.15, 0.2) is 66.7 Å². The molecule has 0 bridgehead atoms. The highest BCUT2D eigenvalue weighted by Crippen LogP contribution is 2.25. The van der Waals surface area contributed by atoms with Crippen LogP contribution in [-0.2, 0) is 16.1 Å². The van der Waals surface area contributed by atoms with Gasteiger partial charge in [0.15, 0.2) is 6.61 Å². The Morgan fingerprint density at radius 2 is 1.67 bits per heavy atom. The average Bonchev–Trinajstić information content (AvgIpc) is 2.77. The maximum Gasteiger partial charge on any atom is 0.261 e. The molecule has 0 aliphatic heterocycles. The second kappa shape index (κ2) is 10.5. The van der Waals surface area contributed by atoms with Crippen molar-refractivity contribution in [3.05, 3.63) is 78.1 Å². The van der Waals surface area contributed by atoms with Crippen molar-refractivity contribution in [3.63, 3.8) is 0 Å². The third-order valence-corrected chi connectivity index (χ3v) is 5.25. The Kier molecular flexibility index (Phi) is 7.69. The number of amides is 2. The molecule has 0 radical (unpaired) electrons. The van der Waals surface area contributed by atoms with Crippen LogP contribution in [0.4, 0.5) is 4.39 Å². The normalized spacial score (nSPS) is 12.3. The van der Waals surface area contributed by atoms with Gasteiger partial charge in [-0.2, -0.15) is 0 Å². The van der Waals surface area contributed by atoms with Crippen LogP contribution in [-0.4, -0.2) is 34.9 Å². The molecule has 2 amide bonds.